The van der Waals surface area contributed by atoms with Gasteiger partial charge in [-0.1, -0.05) is 15.9 Å². The lowest BCUT2D eigenvalue weighted by Gasteiger charge is -2.21. The zero-order valence-electron chi connectivity index (χ0n) is 21.3. The molecule has 0 aliphatic rings. The molecule has 0 bridgehead atoms. The van der Waals surface area contributed by atoms with Gasteiger partial charge in [-0.05, 0) is 70.2 Å². The first-order chi connectivity index (χ1) is 17.4. The fourth-order valence-corrected chi connectivity index (χ4v) is 4.15. The maximum Gasteiger partial charge on any atom is 0.407 e. The first kappa shape index (κ1) is 27.5. The molecule has 190 valence electrons. The minimum Gasteiger partial charge on any atom is -0.496 e. The molecule has 3 aromatic rings. The van der Waals surface area contributed by atoms with Crippen molar-refractivity contribution in [1.29, 1.82) is 10.5 Å². The molecular weight excluding hydrogens is 536 g/mol. The zero-order chi connectivity index (χ0) is 27.3. The summed E-state index contributed by atoms with van der Waals surface area (Å²) in [4.78, 5) is 25.4. The monoisotopic (exact) mass is 562 g/mol. The van der Waals surface area contributed by atoms with Gasteiger partial charge in [-0.25, -0.2) is 4.79 Å². The molecule has 0 saturated carbocycles. The van der Waals surface area contributed by atoms with Gasteiger partial charge in [-0.15, -0.1) is 0 Å². The maximum atomic E-state index is 13.3. The van der Waals surface area contributed by atoms with Crippen molar-refractivity contribution in [2.24, 2.45) is 0 Å². The van der Waals surface area contributed by atoms with Gasteiger partial charge in [0.1, 0.15) is 11.4 Å². The Hall–Kier alpha value is -4.08. The van der Waals surface area contributed by atoms with Crippen LogP contribution in [0, 0.1) is 22.7 Å². The van der Waals surface area contributed by atoms with E-state index >= 15 is 0 Å². The largest absolute Gasteiger partial charge is 0.496 e. The molecule has 1 heterocycles. The Kier molecular flexibility index (Phi) is 8.42. The van der Waals surface area contributed by atoms with Crippen LogP contribution in [0.4, 0.5) is 4.79 Å². The van der Waals surface area contributed by atoms with Crippen molar-refractivity contribution < 1.29 is 19.1 Å². The van der Waals surface area contributed by atoms with E-state index in [9.17, 15) is 20.1 Å². The Bertz CT molecular complexity index is 1470. The van der Waals surface area contributed by atoms with E-state index in [0.717, 1.165) is 4.47 Å². The number of nitrogens with one attached hydrogen (secondary N) is 1. The molecule has 2 aromatic carbocycles. The summed E-state index contributed by atoms with van der Waals surface area (Å²) in [6.45, 7) is 7.02. The van der Waals surface area contributed by atoms with Gasteiger partial charge in [0, 0.05) is 39.6 Å². The number of alkyl carbamates (subject to hydrolysis) is 1. The van der Waals surface area contributed by atoms with Gasteiger partial charge >= 0.3 is 6.09 Å². The Morgan fingerprint density at radius 1 is 1.19 bits per heavy atom. The summed E-state index contributed by atoms with van der Waals surface area (Å²) in [5.41, 5.74) is 1.80. The Morgan fingerprint density at radius 3 is 2.54 bits per heavy atom. The fourth-order valence-electron chi connectivity index (χ4n) is 3.79. The molecular formula is C28H27BrN4O4. The molecule has 1 aromatic heterocycles. The van der Waals surface area contributed by atoms with Crippen molar-refractivity contribution in [2.75, 3.05) is 7.11 Å². The number of fused-ring (bicyclic) bond motifs is 1. The highest BCUT2D eigenvalue weighted by Crippen LogP contribution is 2.33. The van der Waals surface area contributed by atoms with Gasteiger partial charge in [-0.2, -0.15) is 10.5 Å². The number of ether oxygens (including phenoxy) is 2. The van der Waals surface area contributed by atoms with Crippen LogP contribution >= 0.6 is 15.9 Å². The molecule has 1 amide bonds. The summed E-state index contributed by atoms with van der Waals surface area (Å²) in [6, 6.07) is 14.2. The molecule has 1 N–H and O–H groups in total. The predicted octanol–water partition coefficient (Wildman–Crippen LogP) is 6.29. The van der Waals surface area contributed by atoms with E-state index < -0.39 is 17.7 Å². The van der Waals surface area contributed by atoms with Gasteiger partial charge in [0.05, 0.1) is 35.9 Å². The molecule has 37 heavy (non-hydrogen) atoms. The van der Waals surface area contributed by atoms with Crippen LogP contribution in [0.2, 0.25) is 0 Å². The fraction of sp³-hybridized carbons (Fsp3) is 0.286. The Morgan fingerprint density at radius 2 is 1.92 bits per heavy atom. The van der Waals surface area contributed by atoms with Crippen LogP contribution in [-0.4, -0.2) is 35.3 Å². The van der Waals surface area contributed by atoms with Crippen LogP contribution in [0.3, 0.4) is 0 Å². The Labute approximate surface area is 224 Å². The molecule has 8 nitrogen and oxygen atoms in total. The van der Waals surface area contributed by atoms with Crippen LogP contribution in [0.5, 0.6) is 5.75 Å². The molecule has 9 heteroatoms. The average molecular weight is 563 g/mol. The number of methoxy groups -OCH3 is 1. The van der Waals surface area contributed by atoms with Crippen LogP contribution in [0.25, 0.3) is 22.6 Å². The van der Waals surface area contributed by atoms with Crippen LogP contribution in [0.1, 0.15) is 55.6 Å². The van der Waals surface area contributed by atoms with Crippen molar-refractivity contribution in [3.63, 3.8) is 0 Å². The van der Waals surface area contributed by atoms with E-state index in [-0.39, 0.29) is 12.3 Å². The third kappa shape index (κ3) is 6.78. The van der Waals surface area contributed by atoms with Crippen molar-refractivity contribution in [2.45, 2.75) is 45.8 Å². The summed E-state index contributed by atoms with van der Waals surface area (Å²) in [7, 11) is 1.51. The van der Waals surface area contributed by atoms with Crippen LogP contribution in [0.15, 0.2) is 47.1 Å². The Balaban J connectivity index is 2.01. The van der Waals surface area contributed by atoms with E-state index in [2.05, 4.69) is 33.4 Å². The molecule has 1 unspecified atom stereocenters. The van der Waals surface area contributed by atoms with Crippen molar-refractivity contribution in [3.8, 4) is 17.9 Å². The molecule has 0 radical (unpaired) electrons. The second kappa shape index (κ2) is 11.3. The summed E-state index contributed by atoms with van der Waals surface area (Å²) in [5.74, 6) is 0.248. The number of allylic oxidation sites excluding steroid dienone is 1. The first-order valence-electron chi connectivity index (χ1n) is 11.5. The lowest BCUT2D eigenvalue weighted by Crippen LogP contribution is -2.39. The number of hydrogen-bond acceptors (Lipinski definition) is 6. The molecule has 0 saturated heterocycles. The summed E-state index contributed by atoms with van der Waals surface area (Å²) < 4.78 is 13.0. The third-order valence-electron chi connectivity index (χ3n) is 5.35. The van der Waals surface area contributed by atoms with Gasteiger partial charge in [-0.3, -0.25) is 9.36 Å². The molecule has 0 fully saturated rings. The smallest absolute Gasteiger partial charge is 0.407 e. The number of nitriles is 2. The SMILES string of the molecule is COc1ccc(C#N)cc1C=C(C#N)c1cn(C(=O)CC(C)NC(=O)OC(C)(C)C)c2ccc(Br)cc12. The van der Waals surface area contributed by atoms with Crippen molar-refractivity contribution >= 4 is 50.5 Å². The van der Waals surface area contributed by atoms with Gasteiger partial charge in [0.2, 0.25) is 5.91 Å². The topological polar surface area (TPSA) is 117 Å². The van der Waals surface area contributed by atoms with E-state index in [4.69, 9.17) is 9.47 Å². The van der Waals surface area contributed by atoms with E-state index in [1.54, 1.807) is 64.2 Å². The van der Waals surface area contributed by atoms with Gasteiger partial charge in [0.25, 0.3) is 0 Å². The van der Waals surface area contributed by atoms with Gasteiger partial charge in [0.15, 0.2) is 0 Å². The minimum absolute atomic E-state index is 0.0160. The van der Waals surface area contributed by atoms with Crippen molar-refractivity contribution in [3.05, 3.63) is 63.8 Å². The summed E-state index contributed by atoms with van der Waals surface area (Å²) >= 11 is 3.47. The molecule has 3 rings (SSSR count). The predicted molar refractivity (Wildman–Crippen MR) is 145 cm³/mol. The van der Waals surface area contributed by atoms with Gasteiger partial charge < -0.3 is 14.8 Å². The number of carbonyl (C=O) groups excluding carboxylic acids is 2. The standard InChI is InChI=1S/C28H27BrN4O4/c1-17(32-27(35)37-28(2,3)4)10-26(34)33-16-23(22-13-21(29)7-8-24(22)33)20(15-31)12-19-11-18(14-30)6-9-25(19)36-5/h6-9,11-13,16-17H,10H2,1-5H3,(H,32,35). The number of amides is 1. The molecule has 1 atom stereocenters. The number of aromatic nitrogens is 1. The summed E-state index contributed by atoms with van der Waals surface area (Å²) in [5, 5.41) is 22.7. The molecule has 0 aliphatic heterocycles. The minimum atomic E-state index is -0.651. The highest BCUT2D eigenvalue weighted by Gasteiger charge is 2.22. The highest BCUT2D eigenvalue weighted by molar-refractivity contribution is 9.10. The zero-order valence-corrected chi connectivity index (χ0v) is 22.8. The second-order valence-electron chi connectivity index (χ2n) is 9.46. The van der Waals surface area contributed by atoms with Crippen LogP contribution < -0.4 is 10.1 Å². The number of carbonyl (C=O) groups is 2. The normalized spacial score (nSPS) is 12.4. The number of hydrogen-bond donors (Lipinski definition) is 1. The lowest BCUT2D eigenvalue weighted by atomic mass is 10.0. The summed E-state index contributed by atoms with van der Waals surface area (Å²) in [6.07, 6.45) is 2.67. The van der Waals surface area contributed by atoms with E-state index in [0.29, 0.717) is 38.9 Å². The third-order valence-corrected chi connectivity index (χ3v) is 5.84. The number of nitrogens with zero attached hydrogens (tertiary/aromatic N) is 3. The number of rotatable bonds is 6. The maximum absolute atomic E-state index is 13.3. The lowest BCUT2D eigenvalue weighted by molar-refractivity contribution is 0.0505. The quantitative estimate of drug-likeness (QED) is 0.352. The first-order valence-corrected chi connectivity index (χ1v) is 12.3. The molecule has 0 aliphatic carbocycles. The van der Waals surface area contributed by atoms with Crippen molar-refractivity contribution in [1.82, 2.24) is 9.88 Å². The van der Waals surface area contributed by atoms with E-state index in [1.165, 1.54) is 11.7 Å². The molecule has 0 spiro atoms. The van der Waals surface area contributed by atoms with E-state index in [1.807, 2.05) is 12.1 Å². The van der Waals surface area contributed by atoms with Crippen LogP contribution in [-0.2, 0) is 4.74 Å². The highest BCUT2D eigenvalue weighted by atomic mass is 79.9. The second-order valence-corrected chi connectivity index (χ2v) is 10.4. The number of benzene rings is 2. The number of halogens is 1. The average Bonchev–Trinajstić information content (AvgIpc) is 3.19.